The fourth-order valence-corrected chi connectivity index (χ4v) is 1.93. The molecule has 0 spiro atoms. The van der Waals surface area contributed by atoms with Gasteiger partial charge in [-0.3, -0.25) is 9.59 Å². The van der Waals surface area contributed by atoms with Crippen LogP contribution >= 0.6 is 0 Å². The van der Waals surface area contributed by atoms with Crippen molar-refractivity contribution in [3.05, 3.63) is 60.2 Å². The fraction of sp³-hybridized carbons (Fsp3) is 0.125. The van der Waals surface area contributed by atoms with E-state index in [1.54, 1.807) is 37.3 Å². The van der Waals surface area contributed by atoms with Crippen molar-refractivity contribution in [3.63, 3.8) is 0 Å². The first kappa shape index (κ1) is 15.6. The zero-order valence-corrected chi connectivity index (χ0v) is 11.8. The number of carbonyl (C=O) groups is 2. The number of benzene rings is 2. The molecule has 0 saturated heterocycles. The number of hydrogen-bond acceptors (Lipinski definition) is 2. The molecule has 0 fully saturated rings. The number of para-hydroxylation sites is 1. The third-order valence-corrected chi connectivity index (χ3v) is 3.00. The van der Waals surface area contributed by atoms with Crippen LogP contribution in [0.25, 0.3) is 0 Å². The van der Waals surface area contributed by atoms with Crippen molar-refractivity contribution in [1.29, 1.82) is 0 Å². The van der Waals surface area contributed by atoms with E-state index in [1.165, 1.54) is 11.0 Å². The van der Waals surface area contributed by atoms with Gasteiger partial charge in [-0.2, -0.15) is 0 Å². The maximum absolute atomic E-state index is 13.1. The predicted octanol–water partition coefficient (Wildman–Crippen LogP) is 2.96. The number of nitrogens with one attached hydrogen (secondary N) is 1. The Labute approximate surface area is 126 Å². The van der Waals surface area contributed by atoms with Gasteiger partial charge in [-0.15, -0.1) is 0 Å². The van der Waals surface area contributed by atoms with Crippen molar-refractivity contribution in [1.82, 2.24) is 0 Å². The zero-order valence-electron chi connectivity index (χ0n) is 11.8. The Kier molecular flexibility index (Phi) is 4.83. The molecule has 0 unspecified atom stereocenters. The lowest BCUT2D eigenvalue weighted by Crippen LogP contribution is -2.39. The largest absolute Gasteiger partial charge is 0.318 e. The monoisotopic (exact) mass is 304 g/mol. The molecule has 2 rings (SSSR count). The topological polar surface area (TPSA) is 49.4 Å². The summed E-state index contributed by atoms with van der Waals surface area (Å²) in [6.45, 7) is 2.03. The fourth-order valence-electron chi connectivity index (χ4n) is 1.93. The van der Waals surface area contributed by atoms with Gasteiger partial charge in [-0.25, -0.2) is 8.78 Å². The maximum Gasteiger partial charge on any atom is 0.316 e. The van der Waals surface area contributed by atoms with Crippen molar-refractivity contribution in [2.45, 2.75) is 6.92 Å². The Morgan fingerprint density at radius 3 is 2.32 bits per heavy atom. The van der Waals surface area contributed by atoms with Gasteiger partial charge in [-0.1, -0.05) is 18.2 Å². The highest BCUT2D eigenvalue weighted by molar-refractivity contribution is 6.44. The van der Waals surface area contributed by atoms with Gasteiger partial charge in [0.1, 0.15) is 0 Å². The van der Waals surface area contributed by atoms with E-state index in [4.69, 9.17) is 0 Å². The van der Waals surface area contributed by atoms with Crippen LogP contribution in [0.1, 0.15) is 6.92 Å². The quantitative estimate of drug-likeness (QED) is 0.886. The molecule has 2 amide bonds. The second-order valence-corrected chi connectivity index (χ2v) is 4.47. The zero-order chi connectivity index (χ0) is 16.1. The van der Waals surface area contributed by atoms with E-state index in [0.29, 0.717) is 12.2 Å². The Bertz CT molecular complexity index is 690. The summed E-state index contributed by atoms with van der Waals surface area (Å²) < 4.78 is 25.9. The summed E-state index contributed by atoms with van der Waals surface area (Å²) in [5.74, 6) is -3.82. The third kappa shape index (κ3) is 3.46. The molecule has 0 aliphatic carbocycles. The minimum atomic E-state index is -1.10. The molecule has 0 radical (unpaired) electrons. The molecular weight excluding hydrogens is 290 g/mol. The van der Waals surface area contributed by atoms with Crippen LogP contribution in [0.5, 0.6) is 0 Å². The number of carbonyl (C=O) groups excluding carboxylic acids is 2. The molecule has 2 aromatic rings. The van der Waals surface area contributed by atoms with Crippen LogP contribution in [0, 0.1) is 11.6 Å². The Balaban J connectivity index is 2.14. The van der Waals surface area contributed by atoms with Gasteiger partial charge < -0.3 is 10.2 Å². The molecule has 1 N–H and O–H groups in total. The third-order valence-electron chi connectivity index (χ3n) is 3.00. The van der Waals surface area contributed by atoms with Crippen LogP contribution in [0.4, 0.5) is 20.2 Å². The summed E-state index contributed by atoms with van der Waals surface area (Å²) in [6.07, 6.45) is 0. The molecule has 0 aliphatic heterocycles. The molecule has 0 saturated carbocycles. The van der Waals surface area contributed by atoms with E-state index in [9.17, 15) is 18.4 Å². The van der Waals surface area contributed by atoms with Crippen molar-refractivity contribution >= 4 is 23.2 Å². The number of rotatable bonds is 3. The lowest BCUT2D eigenvalue weighted by Gasteiger charge is -2.20. The highest BCUT2D eigenvalue weighted by atomic mass is 19.2. The van der Waals surface area contributed by atoms with Gasteiger partial charge in [0.15, 0.2) is 11.6 Å². The molecule has 6 heteroatoms. The summed E-state index contributed by atoms with van der Waals surface area (Å²) in [6, 6.07) is 11.6. The number of halogens is 2. The smallest absolute Gasteiger partial charge is 0.316 e. The average molecular weight is 304 g/mol. The molecule has 114 valence electrons. The molecular formula is C16H14F2N2O2. The molecule has 22 heavy (non-hydrogen) atoms. The summed E-state index contributed by atoms with van der Waals surface area (Å²) in [4.78, 5) is 25.4. The summed E-state index contributed by atoms with van der Waals surface area (Å²) in [7, 11) is 0. The SMILES string of the molecule is CCN(C(=O)C(=O)Nc1ccc(F)c(F)c1)c1ccccc1. The first-order valence-corrected chi connectivity index (χ1v) is 6.66. The summed E-state index contributed by atoms with van der Waals surface area (Å²) in [5.41, 5.74) is 0.594. The van der Waals surface area contributed by atoms with Gasteiger partial charge in [0.25, 0.3) is 0 Å². The average Bonchev–Trinajstić information content (AvgIpc) is 2.52. The number of hydrogen-bond donors (Lipinski definition) is 1. The van der Waals surface area contributed by atoms with E-state index in [-0.39, 0.29) is 5.69 Å². The predicted molar refractivity (Wildman–Crippen MR) is 79.5 cm³/mol. The maximum atomic E-state index is 13.1. The standard InChI is InChI=1S/C16H14F2N2O2/c1-2-20(12-6-4-3-5-7-12)16(22)15(21)19-11-8-9-13(17)14(18)10-11/h3-10H,2H2,1H3,(H,19,21). The van der Waals surface area contributed by atoms with E-state index in [0.717, 1.165) is 12.1 Å². The molecule has 0 bridgehead atoms. The van der Waals surface area contributed by atoms with Gasteiger partial charge >= 0.3 is 11.8 Å². The number of amides is 2. The van der Waals surface area contributed by atoms with Crippen LogP contribution < -0.4 is 10.2 Å². The number of anilines is 2. The minimum Gasteiger partial charge on any atom is -0.318 e. The lowest BCUT2D eigenvalue weighted by atomic mass is 10.2. The lowest BCUT2D eigenvalue weighted by molar-refractivity contribution is -0.134. The normalized spacial score (nSPS) is 10.1. The first-order chi connectivity index (χ1) is 10.5. The van der Waals surface area contributed by atoms with E-state index >= 15 is 0 Å². The Hall–Kier alpha value is -2.76. The van der Waals surface area contributed by atoms with Gasteiger partial charge in [0.2, 0.25) is 0 Å². The number of nitrogens with zero attached hydrogens (tertiary/aromatic N) is 1. The van der Waals surface area contributed by atoms with Crippen LogP contribution in [0.2, 0.25) is 0 Å². The van der Waals surface area contributed by atoms with Gasteiger partial charge in [0.05, 0.1) is 0 Å². The highest BCUT2D eigenvalue weighted by Gasteiger charge is 2.22. The van der Waals surface area contributed by atoms with Crippen LogP contribution in [0.15, 0.2) is 48.5 Å². The van der Waals surface area contributed by atoms with E-state index < -0.39 is 23.4 Å². The Morgan fingerprint density at radius 2 is 1.73 bits per heavy atom. The second kappa shape index (κ2) is 6.80. The van der Waals surface area contributed by atoms with Crippen LogP contribution in [0.3, 0.4) is 0 Å². The minimum absolute atomic E-state index is 0.0152. The van der Waals surface area contributed by atoms with Crippen molar-refractivity contribution in [2.24, 2.45) is 0 Å². The molecule has 4 nitrogen and oxygen atoms in total. The highest BCUT2D eigenvalue weighted by Crippen LogP contribution is 2.15. The van der Waals surface area contributed by atoms with Gasteiger partial charge in [0, 0.05) is 24.0 Å². The summed E-state index contributed by atoms with van der Waals surface area (Å²) >= 11 is 0. The molecule has 0 aliphatic rings. The first-order valence-electron chi connectivity index (χ1n) is 6.66. The Morgan fingerprint density at radius 1 is 1.05 bits per heavy atom. The van der Waals surface area contributed by atoms with Gasteiger partial charge in [-0.05, 0) is 31.2 Å². The van der Waals surface area contributed by atoms with E-state index in [2.05, 4.69) is 5.32 Å². The van der Waals surface area contributed by atoms with Crippen LogP contribution in [-0.2, 0) is 9.59 Å². The molecule has 0 aromatic heterocycles. The molecule has 2 aromatic carbocycles. The molecule has 0 heterocycles. The van der Waals surface area contributed by atoms with Crippen molar-refractivity contribution in [3.8, 4) is 0 Å². The van der Waals surface area contributed by atoms with Crippen molar-refractivity contribution in [2.75, 3.05) is 16.8 Å². The second-order valence-electron chi connectivity index (χ2n) is 4.47. The van der Waals surface area contributed by atoms with Crippen molar-refractivity contribution < 1.29 is 18.4 Å². The molecule has 0 atom stereocenters. The van der Waals surface area contributed by atoms with Crippen LogP contribution in [-0.4, -0.2) is 18.4 Å². The number of likely N-dealkylation sites (N-methyl/N-ethyl adjacent to an activating group) is 1. The van der Waals surface area contributed by atoms with E-state index in [1.807, 2.05) is 0 Å². The summed E-state index contributed by atoms with van der Waals surface area (Å²) in [5, 5.41) is 2.26.